The molecule has 0 radical (unpaired) electrons. The number of nitrogens with two attached hydrogens (primary N) is 1. The Balaban J connectivity index is 2.29. The van der Waals surface area contributed by atoms with Crippen molar-refractivity contribution in [3.05, 3.63) is 29.6 Å². The average molecular weight is 249 g/mol. The third-order valence-corrected chi connectivity index (χ3v) is 3.69. The molecule has 3 nitrogen and oxygen atoms in total. The summed E-state index contributed by atoms with van der Waals surface area (Å²) in [6.45, 7) is 4.13. The molecule has 0 amide bonds. The molecule has 0 saturated carbocycles. The molecule has 1 atom stereocenters. The number of hydrogen-bond donors (Lipinski definition) is 2. The van der Waals surface area contributed by atoms with Gasteiger partial charge in [-0.05, 0) is 37.0 Å². The number of hydrogen-bond acceptors (Lipinski definition) is 2. The average Bonchev–Trinajstić information content (AvgIpc) is 2.38. The van der Waals surface area contributed by atoms with Crippen molar-refractivity contribution >= 4 is 11.5 Å². The Morgan fingerprint density at radius 2 is 2.33 bits per heavy atom. The Bertz CT molecular complexity index is 445. The minimum atomic E-state index is -0.340. The lowest BCUT2D eigenvalue weighted by molar-refractivity contribution is 0.404. The Morgan fingerprint density at radius 1 is 1.56 bits per heavy atom. The van der Waals surface area contributed by atoms with E-state index in [1.54, 1.807) is 6.07 Å². The standard InChI is InChI=1S/C14H20FN3/c1-2-10-4-3-7-18(9-10)13-6-5-11(15)8-12(13)14(16)17/h5-6,8,10H,2-4,7,9H2,1H3,(H3,16,17). The second-order valence-electron chi connectivity index (χ2n) is 4.94. The molecule has 2 rings (SSSR count). The molecule has 1 aliphatic rings. The van der Waals surface area contributed by atoms with Crippen molar-refractivity contribution in [1.82, 2.24) is 0 Å². The molecule has 4 heteroatoms. The topological polar surface area (TPSA) is 53.1 Å². The number of amidine groups is 1. The maximum atomic E-state index is 13.2. The Labute approximate surface area is 107 Å². The van der Waals surface area contributed by atoms with Crippen LogP contribution in [0.2, 0.25) is 0 Å². The molecule has 1 saturated heterocycles. The van der Waals surface area contributed by atoms with Crippen molar-refractivity contribution < 1.29 is 4.39 Å². The summed E-state index contributed by atoms with van der Waals surface area (Å²) in [5.74, 6) is 0.278. The number of nitrogen functional groups attached to an aromatic ring is 1. The van der Waals surface area contributed by atoms with E-state index in [2.05, 4.69) is 11.8 Å². The number of piperidine rings is 1. The van der Waals surface area contributed by atoms with E-state index in [0.717, 1.165) is 31.6 Å². The first-order valence-corrected chi connectivity index (χ1v) is 6.50. The van der Waals surface area contributed by atoms with Gasteiger partial charge in [0.1, 0.15) is 11.7 Å². The maximum Gasteiger partial charge on any atom is 0.125 e. The van der Waals surface area contributed by atoms with Gasteiger partial charge in [-0.15, -0.1) is 0 Å². The minimum absolute atomic E-state index is 0.0666. The summed E-state index contributed by atoms with van der Waals surface area (Å²) < 4.78 is 13.2. The zero-order valence-corrected chi connectivity index (χ0v) is 10.7. The summed E-state index contributed by atoms with van der Waals surface area (Å²) in [6.07, 6.45) is 3.56. The van der Waals surface area contributed by atoms with Crippen LogP contribution in [0.15, 0.2) is 18.2 Å². The number of nitrogens with zero attached hydrogens (tertiary/aromatic N) is 1. The molecular weight excluding hydrogens is 229 g/mol. The third kappa shape index (κ3) is 2.63. The number of anilines is 1. The molecule has 1 heterocycles. The van der Waals surface area contributed by atoms with Gasteiger partial charge >= 0.3 is 0 Å². The normalized spacial score (nSPS) is 19.9. The maximum absolute atomic E-state index is 13.2. The molecule has 1 aliphatic heterocycles. The number of halogens is 1. The third-order valence-electron chi connectivity index (χ3n) is 3.69. The van der Waals surface area contributed by atoms with Gasteiger partial charge in [0.25, 0.3) is 0 Å². The van der Waals surface area contributed by atoms with Gasteiger partial charge < -0.3 is 10.6 Å². The van der Waals surface area contributed by atoms with Gasteiger partial charge in [0.05, 0.1) is 0 Å². The van der Waals surface area contributed by atoms with Gasteiger partial charge in [-0.1, -0.05) is 13.3 Å². The van der Waals surface area contributed by atoms with Crippen molar-refractivity contribution in [2.45, 2.75) is 26.2 Å². The predicted molar refractivity (Wildman–Crippen MR) is 72.6 cm³/mol. The first-order valence-electron chi connectivity index (χ1n) is 6.50. The van der Waals surface area contributed by atoms with Crippen molar-refractivity contribution in [2.75, 3.05) is 18.0 Å². The molecule has 98 valence electrons. The molecule has 1 aromatic carbocycles. The van der Waals surface area contributed by atoms with Gasteiger partial charge in [-0.2, -0.15) is 0 Å². The van der Waals surface area contributed by atoms with Gasteiger partial charge in [-0.25, -0.2) is 4.39 Å². The highest BCUT2D eigenvalue weighted by molar-refractivity contribution is 6.00. The summed E-state index contributed by atoms with van der Waals surface area (Å²) in [7, 11) is 0. The molecule has 0 spiro atoms. The van der Waals surface area contributed by atoms with Crippen molar-refractivity contribution in [1.29, 1.82) is 5.41 Å². The first kappa shape index (κ1) is 12.9. The largest absolute Gasteiger partial charge is 0.384 e. The van der Waals surface area contributed by atoms with Crippen LogP contribution in [0.5, 0.6) is 0 Å². The van der Waals surface area contributed by atoms with Crippen molar-refractivity contribution in [3.63, 3.8) is 0 Å². The zero-order chi connectivity index (χ0) is 13.1. The van der Waals surface area contributed by atoms with Crippen molar-refractivity contribution in [3.8, 4) is 0 Å². The molecule has 1 unspecified atom stereocenters. The summed E-state index contributed by atoms with van der Waals surface area (Å²) in [5, 5.41) is 7.57. The minimum Gasteiger partial charge on any atom is -0.384 e. The van der Waals surface area contributed by atoms with E-state index < -0.39 is 0 Å². The molecule has 0 aromatic heterocycles. The fraction of sp³-hybridized carbons (Fsp3) is 0.500. The molecule has 0 bridgehead atoms. The molecule has 3 N–H and O–H groups in total. The summed E-state index contributed by atoms with van der Waals surface area (Å²) in [5.41, 5.74) is 6.94. The Kier molecular flexibility index (Phi) is 3.84. The summed E-state index contributed by atoms with van der Waals surface area (Å²) in [4.78, 5) is 2.23. The van der Waals surface area contributed by atoms with Crippen LogP contribution in [-0.2, 0) is 0 Å². The van der Waals surface area contributed by atoms with E-state index in [-0.39, 0.29) is 11.7 Å². The quantitative estimate of drug-likeness (QED) is 0.639. The van der Waals surface area contributed by atoms with Gasteiger partial charge in [0.15, 0.2) is 0 Å². The van der Waals surface area contributed by atoms with Crippen molar-refractivity contribution in [2.24, 2.45) is 11.7 Å². The summed E-state index contributed by atoms with van der Waals surface area (Å²) >= 11 is 0. The van der Waals surface area contributed by atoms with Crippen LogP contribution in [0.25, 0.3) is 0 Å². The smallest absolute Gasteiger partial charge is 0.125 e. The summed E-state index contributed by atoms with van der Waals surface area (Å²) in [6, 6.07) is 4.54. The Morgan fingerprint density at radius 3 is 3.00 bits per heavy atom. The Hall–Kier alpha value is -1.58. The number of benzene rings is 1. The lowest BCUT2D eigenvalue weighted by Gasteiger charge is -2.35. The first-order chi connectivity index (χ1) is 8.61. The highest BCUT2D eigenvalue weighted by atomic mass is 19.1. The van der Waals surface area contributed by atoms with Crippen LogP contribution < -0.4 is 10.6 Å². The van der Waals surface area contributed by atoms with Crippen LogP contribution in [0.1, 0.15) is 31.7 Å². The second kappa shape index (κ2) is 5.38. The fourth-order valence-corrected chi connectivity index (χ4v) is 2.62. The lowest BCUT2D eigenvalue weighted by atomic mass is 9.94. The molecule has 1 aromatic rings. The van der Waals surface area contributed by atoms with Crippen LogP contribution >= 0.6 is 0 Å². The number of rotatable bonds is 3. The monoisotopic (exact) mass is 249 g/mol. The van der Waals surface area contributed by atoms with E-state index in [9.17, 15) is 4.39 Å². The number of nitrogens with one attached hydrogen (secondary N) is 1. The van der Waals surface area contributed by atoms with E-state index in [1.165, 1.54) is 18.6 Å². The zero-order valence-electron chi connectivity index (χ0n) is 10.7. The second-order valence-corrected chi connectivity index (χ2v) is 4.94. The molecule has 1 fully saturated rings. The highest BCUT2D eigenvalue weighted by Crippen LogP contribution is 2.28. The SMILES string of the molecule is CCC1CCCN(c2ccc(F)cc2C(=N)N)C1. The van der Waals surface area contributed by atoms with Crippen LogP contribution in [0.3, 0.4) is 0 Å². The van der Waals surface area contributed by atoms with E-state index >= 15 is 0 Å². The van der Waals surface area contributed by atoms with Gasteiger partial charge in [0.2, 0.25) is 0 Å². The molecular formula is C14H20FN3. The molecule has 18 heavy (non-hydrogen) atoms. The lowest BCUT2D eigenvalue weighted by Crippen LogP contribution is -2.36. The van der Waals surface area contributed by atoms with Gasteiger partial charge in [0, 0.05) is 24.3 Å². The predicted octanol–water partition coefficient (Wildman–Crippen LogP) is 2.74. The van der Waals surface area contributed by atoms with E-state index in [0.29, 0.717) is 11.5 Å². The fourth-order valence-electron chi connectivity index (χ4n) is 2.62. The van der Waals surface area contributed by atoms with Crippen LogP contribution in [0.4, 0.5) is 10.1 Å². The highest BCUT2D eigenvalue weighted by Gasteiger charge is 2.21. The van der Waals surface area contributed by atoms with E-state index in [1.807, 2.05) is 0 Å². The van der Waals surface area contributed by atoms with Crippen LogP contribution in [-0.4, -0.2) is 18.9 Å². The molecule has 0 aliphatic carbocycles. The van der Waals surface area contributed by atoms with Crippen LogP contribution in [0, 0.1) is 17.1 Å². The van der Waals surface area contributed by atoms with E-state index in [4.69, 9.17) is 11.1 Å². The van der Waals surface area contributed by atoms with Gasteiger partial charge in [-0.3, -0.25) is 5.41 Å².